The van der Waals surface area contributed by atoms with Crippen LogP contribution >= 0.6 is 23.2 Å². The molecule has 0 radical (unpaired) electrons. The molecule has 212 valence electrons. The second-order valence-electron chi connectivity index (χ2n) is 11.5. The van der Waals surface area contributed by atoms with Crippen molar-refractivity contribution in [2.75, 3.05) is 18.5 Å². The number of rotatable bonds is 8. The summed E-state index contributed by atoms with van der Waals surface area (Å²) in [5.74, 6) is -3.56. The van der Waals surface area contributed by atoms with Gasteiger partial charge in [-0.3, -0.25) is 9.59 Å². The molecule has 1 saturated heterocycles. The third kappa shape index (κ3) is 5.52. The van der Waals surface area contributed by atoms with E-state index in [9.17, 15) is 19.1 Å². The van der Waals surface area contributed by atoms with E-state index in [1.54, 1.807) is 6.07 Å². The number of amides is 2. The van der Waals surface area contributed by atoms with Crippen molar-refractivity contribution in [2.24, 2.45) is 5.41 Å². The lowest BCUT2D eigenvalue weighted by Crippen LogP contribution is -2.49. The number of aliphatic hydroxyl groups excluding tert-OH is 2. The second-order valence-corrected chi connectivity index (χ2v) is 12.3. The van der Waals surface area contributed by atoms with Crippen molar-refractivity contribution in [3.05, 3.63) is 63.1 Å². The van der Waals surface area contributed by atoms with Crippen molar-refractivity contribution in [2.45, 2.75) is 69.6 Å². The van der Waals surface area contributed by atoms with Gasteiger partial charge in [0.25, 0.3) is 0 Å². The van der Waals surface area contributed by atoms with Crippen LogP contribution in [0.3, 0.4) is 0 Å². The van der Waals surface area contributed by atoms with Gasteiger partial charge in [0.1, 0.15) is 17.0 Å². The third-order valence-electron chi connectivity index (χ3n) is 7.52. The Balaban J connectivity index is 1.87. The monoisotopic (exact) mass is 583 g/mol. The van der Waals surface area contributed by atoms with Gasteiger partial charge in [-0.15, -0.1) is 0 Å². The topological polar surface area (TPSA) is 111 Å². The number of hydrogen-bond donors (Lipinski definition) is 5. The smallest absolute Gasteiger partial charge is 0.237 e. The molecule has 2 aromatic carbocycles. The van der Waals surface area contributed by atoms with E-state index in [1.807, 2.05) is 20.8 Å². The Morgan fingerprint density at radius 3 is 2.59 bits per heavy atom. The van der Waals surface area contributed by atoms with Gasteiger partial charge in [0.2, 0.25) is 11.8 Å². The van der Waals surface area contributed by atoms with Crippen LogP contribution in [0, 0.1) is 17.0 Å². The van der Waals surface area contributed by atoms with Crippen molar-refractivity contribution in [3.8, 4) is 0 Å². The first-order valence-corrected chi connectivity index (χ1v) is 13.6. The highest BCUT2D eigenvalue weighted by Gasteiger charge is 2.66. The van der Waals surface area contributed by atoms with Crippen molar-refractivity contribution in [1.82, 2.24) is 10.6 Å². The minimum absolute atomic E-state index is 0.0561. The molecule has 0 saturated carbocycles. The number of carbonyl (C=O) groups is 2. The van der Waals surface area contributed by atoms with Crippen LogP contribution in [0.5, 0.6) is 0 Å². The summed E-state index contributed by atoms with van der Waals surface area (Å²) in [5.41, 5.74) is -1.24. The minimum atomic E-state index is -1.56. The molecule has 2 amide bonds. The van der Waals surface area contributed by atoms with E-state index in [2.05, 4.69) is 16.0 Å². The van der Waals surface area contributed by atoms with Crippen LogP contribution in [0.2, 0.25) is 10.0 Å². The maximum absolute atomic E-state index is 15.7. The van der Waals surface area contributed by atoms with Crippen molar-refractivity contribution >= 4 is 40.7 Å². The van der Waals surface area contributed by atoms with Gasteiger partial charge in [-0.25, -0.2) is 8.78 Å². The molecule has 1 fully saturated rings. The standard InChI is InChI=1S/C28H33Cl2F2N3O4/c1-27(2,3)12-21-28(16-10-19(31)18(30)11-20(16)34-26(28)39)22(15-7-4-8-17(29)23(15)32)24(35-21)25(38)33-9-5-6-14(37)13-36/h4,7-8,10-11,14,21-22,24,35-37H,5-6,9,12-13H2,1-3H3,(H,33,38)(H,34,39)/t14-,21-,22+,24-,28+/m1/s1. The fourth-order valence-electron chi connectivity index (χ4n) is 5.91. The average Bonchev–Trinajstić information content (AvgIpc) is 3.32. The van der Waals surface area contributed by atoms with Crippen LogP contribution in [0.25, 0.3) is 0 Å². The molecular weight excluding hydrogens is 551 g/mol. The minimum Gasteiger partial charge on any atom is -0.394 e. The van der Waals surface area contributed by atoms with E-state index in [0.29, 0.717) is 24.1 Å². The zero-order valence-corrected chi connectivity index (χ0v) is 23.5. The normalized spacial score (nSPS) is 25.1. The molecule has 1 spiro atoms. The summed E-state index contributed by atoms with van der Waals surface area (Å²) in [6.45, 7) is 5.73. The molecule has 0 aromatic heterocycles. The third-order valence-corrected chi connectivity index (χ3v) is 8.11. The molecule has 0 bridgehead atoms. The van der Waals surface area contributed by atoms with Gasteiger partial charge < -0.3 is 26.2 Å². The number of fused-ring (bicyclic) bond motifs is 2. The number of aliphatic hydroxyl groups is 2. The van der Waals surface area contributed by atoms with Gasteiger partial charge in [-0.2, -0.15) is 0 Å². The van der Waals surface area contributed by atoms with Crippen LogP contribution in [0.1, 0.15) is 57.1 Å². The van der Waals surface area contributed by atoms with E-state index in [0.717, 1.165) is 0 Å². The van der Waals surface area contributed by atoms with Gasteiger partial charge in [-0.05, 0) is 54.0 Å². The number of halogens is 4. The number of carbonyl (C=O) groups excluding carboxylic acids is 2. The zero-order valence-electron chi connectivity index (χ0n) is 22.0. The molecule has 11 heteroatoms. The van der Waals surface area contributed by atoms with E-state index in [-0.39, 0.29) is 40.6 Å². The molecule has 2 aliphatic heterocycles. The first-order valence-electron chi connectivity index (χ1n) is 12.9. The first-order chi connectivity index (χ1) is 18.3. The first kappa shape index (κ1) is 29.7. The maximum atomic E-state index is 15.7. The number of nitrogens with one attached hydrogen (secondary N) is 3. The molecule has 0 unspecified atom stereocenters. The summed E-state index contributed by atoms with van der Waals surface area (Å²) in [6.07, 6.45) is 0.155. The van der Waals surface area contributed by atoms with Crippen molar-refractivity contribution < 1.29 is 28.6 Å². The Hall–Kier alpha value is -2.30. The fourth-order valence-corrected chi connectivity index (χ4v) is 6.26. The Bertz CT molecular complexity index is 1270. The van der Waals surface area contributed by atoms with Crippen molar-refractivity contribution in [1.29, 1.82) is 0 Å². The molecule has 7 nitrogen and oxygen atoms in total. The lowest BCUT2D eigenvalue weighted by molar-refractivity contribution is -0.123. The highest BCUT2D eigenvalue weighted by molar-refractivity contribution is 6.31. The molecule has 5 N–H and O–H groups in total. The number of anilines is 1. The van der Waals surface area contributed by atoms with Crippen molar-refractivity contribution in [3.63, 3.8) is 0 Å². The second kappa shape index (κ2) is 11.3. The van der Waals surface area contributed by atoms with E-state index in [1.165, 1.54) is 24.3 Å². The van der Waals surface area contributed by atoms with Gasteiger partial charge in [-0.1, -0.05) is 56.1 Å². The number of benzene rings is 2. The largest absolute Gasteiger partial charge is 0.394 e. The Kier molecular flexibility index (Phi) is 8.59. The highest BCUT2D eigenvalue weighted by Crippen LogP contribution is 2.57. The lowest BCUT2D eigenvalue weighted by Gasteiger charge is -2.37. The molecular formula is C28H33Cl2F2N3O4. The molecule has 2 heterocycles. The van der Waals surface area contributed by atoms with Gasteiger partial charge in [0.15, 0.2) is 0 Å². The summed E-state index contributed by atoms with van der Waals surface area (Å²) in [4.78, 5) is 27.7. The summed E-state index contributed by atoms with van der Waals surface area (Å²) >= 11 is 12.2. The quantitative estimate of drug-likeness (QED) is 0.298. The van der Waals surface area contributed by atoms with E-state index in [4.69, 9.17) is 28.3 Å². The zero-order chi connectivity index (χ0) is 28.7. The van der Waals surface area contributed by atoms with Crippen LogP contribution in [0.4, 0.5) is 14.5 Å². The summed E-state index contributed by atoms with van der Waals surface area (Å²) in [5, 5.41) is 27.3. The predicted molar refractivity (Wildman–Crippen MR) is 146 cm³/mol. The highest BCUT2D eigenvalue weighted by atomic mass is 35.5. The summed E-state index contributed by atoms with van der Waals surface area (Å²) in [6, 6.07) is 5.18. The van der Waals surface area contributed by atoms with Crippen LogP contribution in [-0.2, 0) is 15.0 Å². The fraction of sp³-hybridized carbons (Fsp3) is 0.500. The van der Waals surface area contributed by atoms with Gasteiger partial charge in [0.05, 0.1) is 28.8 Å². The molecule has 4 rings (SSSR count). The van der Waals surface area contributed by atoms with Gasteiger partial charge in [0, 0.05) is 24.2 Å². The van der Waals surface area contributed by atoms with Gasteiger partial charge >= 0.3 is 0 Å². The van der Waals surface area contributed by atoms with E-state index >= 15 is 4.39 Å². The Morgan fingerprint density at radius 2 is 1.92 bits per heavy atom. The van der Waals surface area contributed by atoms with Crippen LogP contribution in [0.15, 0.2) is 30.3 Å². The predicted octanol–water partition coefficient (Wildman–Crippen LogP) is 4.27. The van der Waals surface area contributed by atoms with Crippen LogP contribution in [-0.4, -0.2) is 53.4 Å². The lowest BCUT2D eigenvalue weighted by atomic mass is 9.62. The molecule has 2 aliphatic rings. The van der Waals surface area contributed by atoms with E-state index < -0.39 is 53.0 Å². The maximum Gasteiger partial charge on any atom is 0.237 e. The Morgan fingerprint density at radius 1 is 1.21 bits per heavy atom. The molecule has 0 aliphatic carbocycles. The summed E-state index contributed by atoms with van der Waals surface area (Å²) in [7, 11) is 0. The average molecular weight is 584 g/mol. The van der Waals surface area contributed by atoms with Crippen LogP contribution < -0.4 is 16.0 Å². The molecule has 2 aromatic rings. The molecule has 39 heavy (non-hydrogen) atoms. The molecule has 5 atom stereocenters. The SMILES string of the molecule is CC(C)(C)C[C@H]1N[C@@H](C(=O)NCCC[C@@H](O)CO)[C@H](c2cccc(Cl)c2F)[C@@]12C(=O)Nc1cc(Cl)c(F)cc12. The number of hydrogen-bond acceptors (Lipinski definition) is 5. The Labute approximate surface area is 236 Å². The summed E-state index contributed by atoms with van der Waals surface area (Å²) < 4.78 is 30.6.